The van der Waals surface area contributed by atoms with Gasteiger partial charge in [0.05, 0.1) is 18.1 Å². The fourth-order valence-electron chi connectivity index (χ4n) is 4.69. The third-order valence-electron chi connectivity index (χ3n) is 6.13. The number of aryl methyl sites for hydroxylation is 2. The van der Waals surface area contributed by atoms with Crippen LogP contribution < -0.4 is 10.5 Å². The molecular weight excluding hydrogens is 404 g/mol. The van der Waals surface area contributed by atoms with Gasteiger partial charge in [0.1, 0.15) is 16.9 Å². The number of nitrogens with one attached hydrogen (secondary N) is 1. The SMILES string of the molecule is Cc1nc(N2CCCC2c2nn3ccc(C)c3c(=O)n2-c2ccccc2)c2[nH]cnc2n1. The summed E-state index contributed by atoms with van der Waals surface area (Å²) in [6.07, 6.45) is 5.33. The molecule has 0 amide bonds. The van der Waals surface area contributed by atoms with Crippen molar-refractivity contribution in [1.82, 2.24) is 34.1 Å². The molecule has 1 N–H and O–H groups in total. The maximum absolute atomic E-state index is 13.7. The third kappa shape index (κ3) is 2.74. The first-order valence-corrected chi connectivity index (χ1v) is 10.7. The fourth-order valence-corrected chi connectivity index (χ4v) is 4.69. The minimum Gasteiger partial charge on any atom is -0.344 e. The van der Waals surface area contributed by atoms with Crippen molar-refractivity contribution >= 4 is 22.5 Å². The molecule has 4 aromatic heterocycles. The highest BCUT2D eigenvalue weighted by Crippen LogP contribution is 2.37. The molecule has 32 heavy (non-hydrogen) atoms. The van der Waals surface area contributed by atoms with Crippen LogP contribution in [0.25, 0.3) is 22.4 Å². The average Bonchev–Trinajstić information content (AvgIpc) is 3.53. The molecule has 6 rings (SSSR count). The van der Waals surface area contributed by atoms with Gasteiger partial charge in [0.25, 0.3) is 5.56 Å². The Morgan fingerprint density at radius 3 is 2.78 bits per heavy atom. The summed E-state index contributed by atoms with van der Waals surface area (Å²) in [5, 5.41) is 4.95. The van der Waals surface area contributed by atoms with Crippen molar-refractivity contribution in [1.29, 1.82) is 0 Å². The van der Waals surface area contributed by atoms with E-state index in [9.17, 15) is 4.79 Å². The number of benzene rings is 1. The van der Waals surface area contributed by atoms with Gasteiger partial charge in [-0.15, -0.1) is 0 Å². The maximum atomic E-state index is 13.7. The van der Waals surface area contributed by atoms with E-state index in [0.717, 1.165) is 42.0 Å². The van der Waals surface area contributed by atoms with E-state index in [0.29, 0.717) is 22.8 Å². The van der Waals surface area contributed by atoms with Crippen LogP contribution in [-0.4, -0.2) is 40.7 Å². The Hall–Kier alpha value is -4.01. The molecule has 1 saturated heterocycles. The van der Waals surface area contributed by atoms with Crippen LogP contribution in [0, 0.1) is 13.8 Å². The predicted octanol–water partition coefficient (Wildman–Crippen LogP) is 3.11. The van der Waals surface area contributed by atoms with Gasteiger partial charge >= 0.3 is 0 Å². The van der Waals surface area contributed by atoms with Crippen molar-refractivity contribution in [3.8, 4) is 5.69 Å². The number of nitrogens with zero attached hydrogens (tertiary/aromatic N) is 7. The van der Waals surface area contributed by atoms with Gasteiger partial charge in [-0.1, -0.05) is 18.2 Å². The van der Waals surface area contributed by atoms with Gasteiger partial charge in [-0.3, -0.25) is 9.36 Å². The first kappa shape index (κ1) is 18.7. The zero-order valence-electron chi connectivity index (χ0n) is 17.9. The summed E-state index contributed by atoms with van der Waals surface area (Å²) >= 11 is 0. The normalized spacial score (nSPS) is 16.4. The number of anilines is 1. The molecule has 160 valence electrons. The molecule has 0 radical (unpaired) electrons. The van der Waals surface area contributed by atoms with E-state index in [1.165, 1.54) is 0 Å². The maximum Gasteiger partial charge on any atom is 0.282 e. The minimum atomic E-state index is -0.115. The zero-order chi connectivity index (χ0) is 21.8. The summed E-state index contributed by atoms with van der Waals surface area (Å²) in [7, 11) is 0. The van der Waals surface area contributed by atoms with Gasteiger partial charge in [-0.25, -0.2) is 19.5 Å². The Balaban J connectivity index is 1.60. The molecule has 0 aliphatic carbocycles. The van der Waals surface area contributed by atoms with Gasteiger partial charge < -0.3 is 9.88 Å². The van der Waals surface area contributed by atoms with Gasteiger partial charge in [-0.2, -0.15) is 5.10 Å². The number of hydrogen-bond acceptors (Lipinski definition) is 6. The summed E-state index contributed by atoms with van der Waals surface area (Å²) in [5.41, 5.74) is 3.68. The molecular formula is C23H22N8O. The lowest BCUT2D eigenvalue weighted by molar-refractivity contribution is 0.601. The van der Waals surface area contributed by atoms with Gasteiger partial charge in [0, 0.05) is 12.7 Å². The first-order valence-electron chi connectivity index (χ1n) is 10.7. The molecule has 0 spiro atoms. The molecule has 1 aliphatic rings. The highest BCUT2D eigenvalue weighted by Gasteiger charge is 2.34. The molecule has 5 aromatic rings. The smallest absolute Gasteiger partial charge is 0.282 e. The van der Waals surface area contributed by atoms with Crippen LogP contribution in [-0.2, 0) is 0 Å². The number of aromatic amines is 1. The van der Waals surface area contributed by atoms with E-state index < -0.39 is 0 Å². The number of H-pyrrole nitrogens is 1. The van der Waals surface area contributed by atoms with E-state index >= 15 is 0 Å². The largest absolute Gasteiger partial charge is 0.344 e. The van der Waals surface area contributed by atoms with Gasteiger partial charge in [-0.05, 0) is 50.5 Å². The lowest BCUT2D eigenvalue weighted by Crippen LogP contribution is -2.33. The fraction of sp³-hybridized carbons (Fsp3) is 0.261. The first-order chi connectivity index (χ1) is 15.6. The minimum absolute atomic E-state index is 0.0684. The third-order valence-corrected chi connectivity index (χ3v) is 6.13. The molecule has 1 aromatic carbocycles. The Morgan fingerprint density at radius 2 is 1.94 bits per heavy atom. The molecule has 9 heteroatoms. The van der Waals surface area contributed by atoms with E-state index in [1.54, 1.807) is 15.4 Å². The Morgan fingerprint density at radius 1 is 1.09 bits per heavy atom. The summed E-state index contributed by atoms with van der Waals surface area (Å²) < 4.78 is 3.46. The van der Waals surface area contributed by atoms with E-state index in [2.05, 4.69) is 19.9 Å². The molecule has 0 bridgehead atoms. The number of para-hydroxylation sites is 1. The molecule has 9 nitrogen and oxygen atoms in total. The topological polar surface area (TPSA) is 97.0 Å². The van der Waals surface area contributed by atoms with Crippen molar-refractivity contribution in [3.05, 3.63) is 76.5 Å². The van der Waals surface area contributed by atoms with Crippen LogP contribution in [0.3, 0.4) is 0 Å². The summed E-state index contributed by atoms with van der Waals surface area (Å²) in [5.74, 6) is 2.16. The Bertz CT molecular complexity index is 1510. The quantitative estimate of drug-likeness (QED) is 0.476. The number of imidazole rings is 1. The number of rotatable bonds is 3. The highest BCUT2D eigenvalue weighted by atomic mass is 16.1. The molecule has 0 saturated carbocycles. The Labute approximate surface area is 183 Å². The van der Waals surface area contributed by atoms with Crippen LogP contribution >= 0.6 is 0 Å². The van der Waals surface area contributed by atoms with Gasteiger partial charge in [0.2, 0.25) is 0 Å². The van der Waals surface area contributed by atoms with E-state index in [1.807, 2.05) is 56.4 Å². The van der Waals surface area contributed by atoms with Crippen LogP contribution in [0.5, 0.6) is 0 Å². The monoisotopic (exact) mass is 426 g/mol. The van der Waals surface area contributed by atoms with E-state index in [4.69, 9.17) is 10.1 Å². The highest BCUT2D eigenvalue weighted by molar-refractivity contribution is 5.83. The lowest BCUT2D eigenvalue weighted by Gasteiger charge is -2.27. The Kier molecular flexibility index (Phi) is 4.11. The summed E-state index contributed by atoms with van der Waals surface area (Å²) in [6.45, 7) is 4.62. The molecule has 1 aliphatic heterocycles. The summed E-state index contributed by atoms with van der Waals surface area (Å²) in [6, 6.07) is 11.5. The van der Waals surface area contributed by atoms with Crippen molar-refractivity contribution in [2.45, 2.75) is 32.7 Å². The van der Waals surface area contributed by atoms with Crippen LogP contribution in [0.1, 0.15) is 36.1 Å². The second-order valence-corrected chi connectivity index (χ2v) is 8.17. The predicted molar refractivity (Wildman–Crippen MR) is 121 cm³/mol. The number of aromatic nitrogens is 7. The summed E-state index contributed by atoms with van der Waals surface area (Å²) in [4.78, 5) is 32.6. The number of hydrogen-bond donors (Lipinski definition) is 1. The molecule has 1 atom stereocenters. The molecule has 1 fully saturated rings. The molecule has 5 heterocycles. The zero-order valence-corrected chi connectivity index (χ0v) is 17.9. The lowest BCUT2D eigenvalue weighted by atomic mass is 10.2. The van der Waals surface area contributed by atoms with Gasteiger partial charge in [0.15, 0.2) is 17.3 Å². The van der Waals surface area contributed by atoms with Crippen molar-refractivity contribution < 1.29 is 0 Å². The van der Waals surface area contributed by atoms with Crippen LogP contribution in [0.15, 0.2) is 53.7 Å². The average molecular weight is 426 g/mol. The molecule has 1 unspecified atom stereocenters. The second kappa shape index (κ2) is 7.01. The second-order valence-electron chi connectivity index (χ2n) is 8.17. The standard InChI is InChI=1S/C23H22N8O/c1-14-10-12-30-19(14)23(32)31(16-7-4-3-5-8-16)21(28-30)17-9-6-11-29(17)22-18-20(25-13-24-18)26-15(2)27-22/h3-5,7-8,10,12-13,17H,6,9,11H2,1-2H3,(H,24,25,26,27). The van der Waals surface area contributed by atoms with Crippen LogP contribution in [0.4, 0.5) is 5.82 Å². The van der Waals surface area contributed by atoms with E-state index in [-0.39, 0.29) is 11.6 Å². The van der Waals surface area contributed by atoms with Crippen molar-refractivity contribution in [3.63, 3.8) is 0 Å². The number of fused-ring (bicyclic) bond motifs is 2. The van der Waals surface area contributed by atoms with Crippen molar-refractivity contribution in [2.24, 2.45) is 0 Å². The van der Waals surface area contributed by atoms with Crippen LogP contribution in [0.2, 0.25) is 0 Å². The van der Waals surface area contributed by atoms with Crippen molar-refractivity contribution in [2.75, 3.05) is 11.4 Å².